The van der Waals surface area contributed by atoms with Gasteiger partial charge in [0.05, 0.1) is 16.3 Å². The third-order valence-electron chi connectivity index (χ3n) is 4.74. The predicted molar refractivity (Wildman–Crippen MR) is 104 cm³/mol. The van der Waals surface area contributed by atoms with E-state index in [0.29, 0.717) is 17.0 Å². The lowest BCUT2D eigenvalue weighted by molar-refractivity contribution is -0.384. The Hall–Kier alpha value is -3.94. The number of non-ortho nitro benzene ring substituents is 1. The van der Waals surface area contributed by atoms with Crippen molar-refractivity contribution in [2.45, 2.75) is 12.8 Å². The lowest BCUT2D eigenvalue weighted by atomic mass is 9.89. The summed E-state index contributed by atoms with van der Waals surface area (Å²) in [6.07, 6.45) is 1.56. The molecule has 28 heavy (non-hydrogen) atoms. The number of amides is 1. The monoisotopic (exact) mass is 375 g/mol. The number of benzene rings is 2. The van der Waals surface area contributed by atoms with Crippen LogP contribution >= 0.6 is 0 Å². The Balaban J connectivity index is 1.49. The van der Waals surface area contributed by atoms with Crippen LogP contribution in [0.1, 0.15) is 27.2 Å². The first kappa shape index (κ1) is 17.5. The summed E-state index contributed by atoms with van der Waals surface area (Å²) >= 11 is 0. The van der Waals surface area contributed by atoms with Crippen LogP contribution < -0.4 is 10.9 Å². The summed E-state index contributed by atoms with van der Waals surface area (Å²) in [5, 5.41) is 18.0. The summed E-state index contributed by atoms with van der Waals surface area (Å²) in [6, 6.07) is 14.0. The molecule has 8 heteroatoms. The minimum Gasteiger partial charge on any atom is -0.298 e. The average molecular weight is 375 g/mol. The van der Waals surface area contributed by atoms with Crippen LogP contribution in [0.2, 0.25) is 0 Å². The van der Waals surface area contributed by atoms with Crippen molar-refractivity contribution in [1.29, 1.82) is 0 Å². The minimum atomic E-state index is -0.482. The second-order valence-electron chi connectivity index (χ2n) is 6.45. The van der Waals surface area contributed by atoms with Gasteiger partial charge in [-0.25, -0.2) is 0 Å². The molecule has 3 aromatic rings. The summed E-state index contributed by atoms with van der Waals surface area (Å²) in [4.78, 5) is 23.0. The second kappa shape index (κ2) is 6.99. The van der Waals surface area contributed by atoms with E-state index in [0.717, 1.165) is 29.7 Å². The van der Waals surface area contributed by atoms with Gasteiger partial charge >= 0.3 is 0 Å². The first-order valence-electron chi connectivity index (χ1n) is 8.70. The molecule has 0 unspecified atom stereocenters. The third-order valence-corrected chi connectivity index (χ3v) is 4.74. The van der Waals surface area contributed by atoms with Crippen molar-refractivity contribution < 1.29 is 9.72 Å². The molecule has 0 fully saturated rings. The number of aryl methyl sites for hydroxylation is 1. The van der Waals surface area contributed by atoms with Gasteiger partial charge in [0.15, 0.2) is 0 Å². The van der Waals surface area contributed by atoms with Gasteiger partial charge in [0.1, 0.15) is 5.69 Å². The Labute approximate surface area is 160 Å². The molecule has 140 valence electrons. The summed E-state index contributed by atoms with van der Waals surface area (Å²) < 4.78 is 0. The molecular weight excluding hydrogens is 358 g/mol. The Morgan fingerprint density at radius 2 is 1.96 bits per heavy atom. The molecule has 2 aromatic carbocycles. The van der Waals surface area contributed by atoms with Crippen molar-refractivity contribution in [1.82, 2.24) is 21.0 Å². The summed E-state index contributed by atoms with van der Waals surface area (Å²) in [5.41, 5.74) is 10.4. The molecule has 4 rings (SSSR count). The largest absolute Gasteiger partial charge is 0.298 e. The van der Waals surface area contributed by atoms with Gasteiger partial charge in [-0.2, -0.15) is 5.10 Å². The summed E-state index contributed by atoms with van der Waals surface area (Å²) in [7, 11) is 0. The van der Waals surface area contributed by atoms with Crippen LogP contribution in [-0.2, 0) is 12.8 Å². The van der Waals surface area contributed by atoms with Crippen LogP contribution in [0.3, 0.4) is 0 Å². The molecule has 0 spiro atoms. The lowest BCUT2D eigenvalue weighted by Gasteiger charge is -2.16. The average Bonchev–Trinajstić information content (AvgIpc) is 3.16. The van der Waals surface area contributed by atoms with Crippen molar-refractivity contribution in [3.8, 4) is 11.3 Å². The Morgan fingerprint density at radius 1 is 1.14 bits per heavy atom. The Bertz CT molecular complexity index is 1100. The fourth-order valence-corrected chi connectivity index (χ4v) is 3.32. The first-order valence-corrected chi connectivity index (χ1v) is 8.70. The van der Waals surface area contributed by atoms with Gasteiger partial charge in [0.25, 0.3) is 11.6 Å². The number of aromatic nitrogens is 2. The zero-order valence-electron chi connectivity index (χ0n) is 14.9. The molecule has 0 saturated carbocycles. The standard InChI is InChI=1S/C20H17N5O3/c1-12(14-6-4-7-15(11-14)25(27)28)21-24-20(26)19-17-10-9-13-5-2-3-8-16(13)18(17)22-23-19/h2-8,11,21H,1,9-10H2,(H,22,23)(H,24,26). The van der Waals surface area contributed by atoms with Crippen molar-refractivity contribution in [3.63, 3.8) is 0 Å². The van der Waals surface area contributed by atoms with E-state index in [1.807, 2.05) is 18.2 Å². The summed E-state index contributed by atoms with van der Waals surface area (Å²) in [6.45, 7) is 3.82. The molecule has 1 aliphatic rings. The van der Waals surface area contributed by atoms with Crippen LogP contribution in [-0.4, -0.2) is 21.0 Å². The quantitative estimate of drug-likeness (QED) is 0.469. The highest BCUT2D eigenvalue weighted by molar-refractivity contribution is 5.96. The smallest absolute Gasteiger partial charge is 0.287 e. The summed E-state index contributed by atoms with van der Waals surface area (Å²) in [5.74, 6) is -0.375. The van der Waals surface area contributed by atoms with Crippen LogP contribution in [0.25, 0.3) is 17.0 Å². The van der Waals surface area contributed by atoms with E-state index in [1.54, 1.807) is 12.1 Å². The van der Waals surface area contributed by atoms with E-state index < -0.39 is 4.92 Å². The number of carbonyl (C=O) groups is 1. The third kappa shape index (κ3) is 3.11. The van der Waals surface area contributed by atoms with Gasteiger partial charge in [-0.05, 0) is 18.4 Å². The number of H-pyrrole nitrogens is 1. The van der Waals surface area contributed by atoms with Crippen LogP contribution in [0.4, 0.5) is 5.69 Å². The molecule has 1 aromatic heterocycles. The lowest BCUT2D eigenvalue weighted by Crippen LogP contribution is -2.36. The fraction of sp³-hybridized carbons (Fsp3) is 0.100. The zero-order valence-corrected chi connectivity index (χ0v) is 14.9. The highest BCUT2D eigenvalue weighted by Crippen LogP contribution is 2.33. The number of hydrogen-bond acceptors (Lipinski definition) is 5. The number of rotatable bonds is 5. The normalized spacial score (nSPS) is 11.9. The molecule has 0 atom stereocenters. The van der Waals surface area contributed by atoms with Crippen molar-refractivity contribution in [3.05, 3.63) is 87.6 Å². The number of nitrogens with zero attached hydrogens (tertiary/aromatic N) is 2. The SMILES string of the molecule is C=C(NNC(=O)c1[nH]nc2c1CCc1ccccc1-2)c1cccc([N+](=O)[O-])c1. The van der Waals surface area contributed by atoms with Crippen molar-refractivity contribution in [2.24, 2.45) is 0 Å². The van der Waals surface area contributed by atoms with Crippen LogP contribution in [0.15, 0.2) is 55.1 Å². The predicted octanol–water partition coefficient (Wildman–Crippen LogP) is 2.99. The van der Waals surface area contributed by atoms with Crippen LogP contribution in [0.5, 0.6) is 0 Å². The van der Waals surface area contributed by atoms with E-state index in [-0.39, 0.29) is 11.6 Å². The topological polar surface area (TPSA) is 113 Å². The molecule has 8 nitrogen and oxygen atoms in total. The molecule has 0 aliphatic heterocycles. The molecule has 0 radical (unpaired) electrons. The van der Waals surface area contributed by atoms with E-state index in [1.165, 1.54) is 17.7 Å². The maximum absolute atomic E-state index is 12.6. The Morgan fingerprint density at radius 3 is 2.79 bits per heavy atom. The number of fused-ring (bicyclic) bond motifs is 3. The highest BCUT2D eigenvalue weighted by atomic mass is 16.6. The van der Waals surface area contributed by atoms with E-state index in [9.17, 15) is 14.9 Å². The number of carbonyl (C=O) groups excluding carboxylic acids is 1. The van der Waals surface area contributed by atoms with Crippen LogP contribution in [0, 0.1) is 10.1 Å². The fourth-order valence-electron chi connectivity index (χ4n) is 3.32. The molecule has 1 heterocycles. The molecule has 0 bridgehead atoms. The van der Waals surface area contributed by atoms with E-state index in [2.05, 4.69) is 33.7 Å². The number of hydrazine groups is 1. The molecule has 1 amide bonds. The maximum atomic E-state index is 12.6. The molecule has 3 N–H and O–H groups in total. The van der Waals surface area contributed by atoms with Crippen molar-refractivity contribution >= 4 is 17.3 Å². The van der Waals surface area contributed by atoms with Gasteiger partial charge in [0.2, 0.25) is 0 Å². The van der Waals surface area contributed by atoms with Gasteiger partial charge in [0, 0.05) is 28.8 Å². The first-order chi connectivity index (χ1) is 13.5. The number of nitro groups is 1. The van der Waals surface area contributed by atoms with E-state index in [4.69, 9.17) is 0 Å². The number of hydrogen-bond donors (Lipinski definition) is 3. The molecular formula is C20H17N5O3. The second-order valence-corrected chi connectivity index (χ2v) is 6.45. The highest BCUT2D eigenvalue weighted by Gasteiger charge is 2.25. The van der Waals surface area contributed by atoms with Gasteiger partial charge < -0.3 is 0 Å². The Kier molecular flexibility index (Phi) is 4.36. The maximum Gasteiger partial charge on any atom is 0.287 e. The zero-order chi connectivity index (χ0) is 19.7. The van der Waals surface area contributed by atoms with Gasteiger partial charge in [-0.3, -0.25) is 30.9 Å². The minimum absolute atomic E-state index is 0.0481. The number of nitrogens with one attached hydrogen (secondary N) is 3. The van der Waals surface area contributed by atoms with E-state index >= 15 is 0 Å². The molecule has 1 aliphatic carbocycles. The molecule has 0 saturated heterocycles. The van der Waals surface area contributed by atoms with Gasteiger partial charge in [-0.1, -0.05) is 43.0 Å². The number of aromatic amines is 1. The van der Waals surface area contributed by atoms with Gasteiger partial charge in [-0.15, -0.1) is 0 Å². The number of nitro benzene ring substituents is 1. The van der Waals surface area contributed by atoms with Crippen molar-refractivity contribution in [2.75, 3.05) is 0 Å².